The van der Waals surface area contributed by atoms with Crippen LogP contribution in [0.2, 0.25) is 0 Å². The predicted molar refractivity (Wildman–Crippen MR) is 163 cm³/mol. The first-order chi connectivity index (χ1) is 20.0. The van der Waals surface area contributed by atoms with Gasteiger partial charge in [-0.05, 0) is 80.4 Å². The number of carbonyl (C=O) groups is 1. The maximum atomic E-state index is 13.4. The van der Waals surface area contributed by atoms with Crippen molar-refractivity contribution in [2.24, 2.45) is 0 Å². The minimum Gasteiger partial charge on any atom is -0.456 e. The smallest absolute Gasteiger partial charge is 0.340 e. The van der Waals surface area contributed by atoms with Crippen molar-refractivity contribution in [3.63, 3.8) is 0 Å². The van der Waals surface area contributed by atoms with Crippen molar-refractivity contribution in [3.8, 4) is 11.5 Å². The Kier molecular flexibility index (Phi) is 5.82. The SMILES string of the molecule is CCN(c1ccc2c(c1)Oc1cc(C)c(Nc3ccccc3)cc1C21OC(=O)c2ccccc21)c1ccccc1C. The summed E-state index contributed by atoms with van der Waals surface area (Å²) in [6.45, 7) is 7.11. The summed E-state index contributed by atoms with van der Waals surface area (Å²) in [5.74, 6) is 1.01. The van der Waals surface area contributed by atoms with E-state index in [9.17, 15) is 4.79 Å². The summed E-state index contributed by atoms with van der Waals surface area (Å²) in [6, 6.07) is 36.4. The van der Waals surface area contributed by atoms with Crippen molar-refractivity contribution in [3.05, 3.63) is 143 Å². The fourth-order valence-corrected chi connectivity index (χ4v) is 6.15. The van der Waals surface area contributed by atoms with Crippen LogP contribution in [0.1, 0.15) is 45.1 Å². The summed E-state index contributed by atoms with van der Waals surface area (Å²) >= 11 is 0. The number of hydrogen-bond acceptors (Lipinski definition) is 5. The Balaban J connectivity index is 1.43. The van der Waals surface area contributed by atoms with Crippen LogP contribution in [0.25, 0.3) is 0 Å². The lowest BCUT2D eigenvalue weighted by molar-refractivity contribution is 0.0224. The Morgan fingerprint density at radius 1 is 0.732 bits per heavy atom. The number of fused-ring (bicyclic) bond motifs is 6. The van der Waals surface area contributed by atoms with Crippen LogP contribution in [0.4, 0.5) is 22.7 Å². The Labute approximate surface area is 240 Å². The van der Waals surface area contributed by atoms with Crippen molar-refractivity contribution in [2.45, 2.75) is 26.4 Å². The second kappa shape index (κ2) is 9.56. The number of nitrogens with zero attached hydrogens (tertiary/aromatic N) is 1. The molecule has 5 aromatic carbocycles. The summed E-state index contributed by atoms with van der Waals surface area (Å²) < 4.78 is 13.1. The Hall–Kier alpha value is -5.03. The second-order valence-corrected chi connectivity index (χ2v) is 10.6. The maximum Gasteiger partial charge on any atom is 0.340 e. The third-order valence-electron chi connectivity index (χ3n) is 8.13. The summed E-state index contributed by atoms with van der Waals surface area (Å²) in [7, 11) is 0. The quantitative estimate of drug-likeness (QED) is 0.227. The highest BCUT2D eigenvalue weighted by Gasteiger charge is 2.53. The number of aryl methyl sites for hydroxylation is 2. The van der Waals surface area contributed by atoms with E-state index in [1.807, 2.05) is 66.7 Å². The lowest BCUT2D eigenvalue weighted by Gasteiger charge is -2.38. The van der Waals surface area contributed by atoms with Gasteiger partial charge in [-0.1, -0.05) is 54.6 Å². The molecular weight excluding hydrogens is 508 g/mol. The lowest BCUT2D eigenvalue weighted by Crippen LogP contribution is -2.33. The first-order valence-electron chi connectivity index (χ1n) is 13.9. The number of rotatable bonds is 5. The van der Waals surface area contributed by atoms with E-state index in [0.29, 0.717) is 17.1 Å². The average Bonchev–Trinajstić information content (AvgIpc) is 3.28. The Morgan fingerprint density at radius 2 is 1.46 bits per heavy atom. The van der Waals surface area contributed by atoms with Gasteiger partial charge in [0, 0.05) is 52.1 Å². The molecule has 0 saturated heterocycles. The molecule has 0 radical (unpaired) electrons. The first-order valence-corrected chi connectivity index (χ1v) is 13.9. The molecule has 0 amide bonds. The van der Waals surface area contributed by atoms with E-state index < -0.39 is 5.60 Å². The number of esters is 1. The molecule has 5 nitrogen and oxygen atoms in total. The topological polar surface area (TPSA) is 50.8 Å². The monoisotopic (exact) mass is 538 g/mol. The minimum absolute atomic E-state index is 0.336. The van der Waals surface area contributed by atoms with Crippen LogP contribution in [-0.2, 0) is 10.3 Å². The zero-order chi connectivity index (χ0) is 28.1. The Bertz CT molecular complexity index is 1810. The van der Waals surface area contributed by atoms with Crippen LogP contribution in [0, 0.1) is 13.8 Å². The minimum atomic E-state index is -1.13. The molecule has 0 saturated carbocycles. The van der Waals surface area contributed by atoms with E-state index in [1.165, 1.54) is 5.56 Å². The molecule has 0 fully saturated rings. The molecule has 1 unspecified atom stereocenters. The normalized spacial score (nSPS) is 16.3. The number of nitrogens with one attached hydrogen (secondary N) is 1. The van der Waals surface area contributed by atoms with E-state index in [-0.39, 0.29) is 5.97 Å². The fourth-order valence-electron chi connectivity index (χ4n) is 6.15. The van der Waals surface area contributed by atoms with Crippen molar-refractivity contribution in [1.82, 2.24) is 0 Å². The number of anilines is 4. The lowest BCUT2D eigenvalue weighted by atomic mass is 9.77. The zero-order valence-electron chi connectivity index (χ0n) is 23.3. The van der Waals surface area contributed by atoms with Gasteiger partial charge in [0.15, 0.2) is 5.60 Å². The molecule has 0 bridgehead atoms. The number of para-hydroxylation sites is 2. The molecule has 2 heterocycles. The van der Waals surface area contributed by atoms with Gasteiger partial charge in [0.05, 0.1) is 5.56 Å². The van der Waals surface area contributed by atoms with E-state index in [0.717, 1.165) is 51.5 Å². The molecular formula is C36H30N2O3. The largest absolute Gasteiger partial charge is 0.456 e. The van der Waals surface area contributed by atoms with E-state index in [4.69, 9.17) is 9.47 Å². The van der Waals surface area contributed by atoms with Gasteiger partial charge in [0.25, 0.3) is 0 Å². The molecule has 1 atom stereocenters. The van der Waals surface area contributed by atoms with Crippen LogP contribution in [-0.4, -0.2) is 12.5 Å². The number of ether oxygens (including phenoxy) is 2. The van der Waals surface area contributed by atoms with Crippen molar-refractivity contribution < 1.29 is 14.3 Å². The van der Waals surface area contributed by atoms with Crippen molar-refractivity contribution in [1.29, 1.82) is 0 Å². The molecule has 202 valence electrons. The van der Waals surface area contributed by atoms with Crippen molar-refractivity contribution in [2.75, 3.05) is 16.8 Å². The second-order valence-electron chi connectivity index (χ2n) is 10.6. The van der Waals surface area contributed by atoms with Gasteiger partial charge in [0.1, 0.15) is 11.5 Å². The van der Waals surface area contributed by atoms with Gasteiger partial charge in [-0.25, -0.2) is 4.79 Å². The van der Waals surface area contributed by atoms with E-state index in [1.54, 1.807) is 0 Å². The predicted octanol–water partition coefficient (Wildman–Crippen LogP) is 8.77. The average molecular weight is 539 g/mol. The molecule has 5 aromatic rings. The summed E-state index contributed by atoms with van der Waals surface area (Å²) in [4.78, 5) is 15.6. The summed E-state index contributed by atoms with van der Waals surface area (Å²) in [5, 5.41) is 3.54. The Morgan fingerprint density at radius 3 is 2.27 bits per heavy atom. The molecule has 2 aliphatic heterocycles. The van der Waals surface area contributed by atoms with E-state index in [2.05, 4.69) is 73.5 Å². The number of carbonyl (C=O) groups excluding carboxylic acids is 1. The van der Waals surface area contributed by atoms with Crippen molar-refractivity contribution >= 4 is 28.7 Å². The molecule has 1 N–H and O–H groups in total. The number of benzene rings is 5. The van der Waals surface area contributed by atoms with Crippen LogP contribution in [0.3, 0.4) is 0 Å². The zero-order valence-corrected chi connectivity index (χ0v) is 23.3. The standard InChI is InChI=1S/C36H30N2O3/c1-4-38(32-17-11-8-12-23(32)2)26-18-19-29-34(21-26)40-33-20-24(3)31(37-25-13-6-5-7-14-25)22-30(33)36(29)28-16-10-9-15-27(28)35(39)41-36/h5-22,37H,4H2,1-3H3. The highest BCUT2D eigenvalue weighted by Crippen LogP contribution is 2.57. The van der Waals surface area contributed by atoms with Gasteiger partial charge in [-0.3, -0.25) is 0 Å². The van der Waals surface area contributed by atoms with Crippen LogP contribution in [0.5, 0.6) is 11.5 Å². The molecule has 0 aliphatic carbocycles. The summed E-state index contributed by atoms with van der Waals surface area (Å²) in [6.07, 6.45) is 0. The number of hydrogen-bond donors (Lipinski definition) is 1. The molecule has 2 aliphatic rings. The maximum absolute atomic E-state index is 13.4. The van der Waals surface area contributed by atoms with Gasteiger partial charge < -0.3 is 19.7 Å². The molecule has 1 spiro atoms. The highest BCUT2D eigenvalue weighted by atomic mass is 16.6. The van der Waals surface area contributed by atoms with Gasteiger partial charge in [0.2, 0.25) is 0 Å². The molecule has 41 heavy (non-hydrogen) atoms. The van der Waals surface area contributed by atoms with Gasteiger partial charge in [-0.15, -0.1) is 0 Å². The fraction of sp³-hybridized carbons (Fsp3) is 0.139. The molecule has 7 rings (SSSR count). The van der Waals surface area contributed by atoms with Gasteiger partial charge >= 0.3 is 5.97 Å². The van der Waals surface area contributed by atoms with Crippen LogP contribution in [0.15, 0.2) is 109 Å². The third kappa shape index (κ3) is 3.88. The first kappa shape index (κ1) is 25.0. The van der Waals surface area contributed by atoms with Crippen LogP contribution < -0.4 is 15.0 Å². The molecule has 5 heteroatoms. The third-order valence-corrected chi connectivity index (χ3v) is 8.13. The highest BCUT2D eigenvalue weighted by molar-refractivity contribution is 5.97. The molecule has 0 aromatic heterocycles. The van der Waals surface area contributed by atoms with E-state index >= 15 is 0 Å². The van der Waals surface area contributed by atoms with Gasteiger partial charge in [-0.2, -0.15) is 0 Å². The summed E-state index contributed by atoms with van der Waals surface area (Å²) in [5.41, 5.74) is 8.15. The van der Waals surface area contributed by atoms with Crippen LogP contribution >= 0.6 is 0 Å².